The third-order valence-electron chi connectivity index (χ3n) is 4.42. The molecule has 1 saturated heterocycles. The number of methoxy groups -OCH3 is 1. The van der Waals surface area contributed by atoms with Crippen LogP contribution in [0.15, 0.2) is 36.7 Å². The Kier molecular flexibility index (Phi) is 5.06. The van der Waals surface area contributed by atoms with Crippen molar-refractivity contribution in [2.45, 2.75) is 24.9 Å². The molecule has 2 aromatic rings. The highest BCUT2D eigenvalue weighted by molar-refractivity contribution is 6.30. The van der Waals surface area contributed by atoms with Crippen molar-refractivity contribution in [1.29, 1.82) is 0 Å². The van der Waals surface area contributed by atoms with E-state index in [4.69, 9.17) is 22.1 Å². The van der Waals surface area contributed by atoms with E-state index in [1.54, 1.807) is 24.2 Å². The van der Waals surface area contributed by atoms with Crippen molar-refractivity contribution in [3.8, 4) is 5.75 Å². The van der Waals surface area contributed by atoms with Crippen LogP contribution in [0.25, 0.3) is 0 Å². The minimum Gasteiger partial charge on any atom is -0.497 e. The molecular formula is C17H21ClN4O2. The van der Waals surface area contributed by atoms with E-state index in [1.165, 1.54) is 0 Å². The standard InChI is InChI=1S/C17H21ClN4O2/c1-24-14-4-2-12(3-5-14)15-10-21(11-16(15)19)17(23)6-7-22-9-13(18)8-20-22/h2-5,8-9,15-16H,6-7,10-11,19H2,1H3/t15-,16+/m0/s1. The van der Waals surface area contributed by atoms with Gasteiger partial charge in [0.1, 0.15) is 5.75 Å². The number of likely N-dealkylation sites (tertiary alicyclic amines) is 1. The zero-order valence-corrected chi connectivity index (χ0v) is 14.3. The van der Waals surface area contributed by atoms with Crippen LogP contribution in [0.4, 0.5) is 0 Å². The van der Waals surface area contributed by atoms with Crippen molar-refractivity contribution < 1.29 is 9.53 Å². The molecule has 6 nitrogen and oxygen atoms in total. The van der Waals surface area contributed by atoms with Crippen LogP contribution in [0.1, 0.15) is 17.9 Å². The molecular weight excluding hydrogens is 328 g/mol. The Bertz CT molecular complexity index is 701. The Morgan fingerprint density at radius 3 is 2.75 bits per heavy atom. The maximum absolute atomic E-state index is 12.4. The van der Waals surface area contributed by atoms with Gasteiger partial charge in [-0.15, -0.1) is 0 Å². The molecule has 1 aromatic heterocycles. The van der Waals surface area contributed by atoms with Gasteiger partial charge in [-0.25, -0.2) is 0 Å². The van der Waals surface area contributed by atoms with E-state index in [1.807, 2.05) is 29.2 Å². The summed E-state index contributed by atoms with van der Waals surface area (Å²) >= 11 is 5.83. The number of aromatic nitrogens is 2. The van der Waals surface area contributed by atoms with Crippen molar-refractivity contribution in [2.24, 2.45) is 5.73 Å². The highest BCUT2D eigenvalue weighted by Crippen LogP contribution is 2.28. The first-order chi connectivity index (χ1) is 11.6. The van der Waals surface area contributed by atoms with Gasteiger partial charge in [0, 0.05) is 44.2 Å². The summed E-state index contributed by atoms with van der Waals surface area (Å²) in [5.41, 5.74) is 7.40. The average Bonchev–Trinajstić information content (AvgIpc) is 3.18. The Morgan fingerprint density at radius 1 is 1.38 bits per heavy atom. The Balaban J connectivity index is 1.58. The van der Waals surface area contributed by atoms with Gasteiger partial charge in [-0.2, -0.15) is 5.10 Å². The zero-order chi connectivity index (χ0) is 17.1. The van der Waals surface area contributed by atoms with Crippen LogP contribution in [-0.4, -0.2) is 46.8 Å². The average molecular weight is 349 g/mol. The first-order valence-electron chi connectivity index (χ1n) is 7.92. The number of aryl methyl sites for hydroxylation is 1. The number of benzene rings is 1. The first kappa shape index (κ1) is 16.8. The number of carbonyl (C=O) groups excluding carboxylic acids is 1. The molecule has 2 heterocycles. The quantitative estimate of drug-likeness (QED) is 0.895. The second kappa shape index (κ2) is 7.23. The van der Waals surface area contributed by atoms with Crippen molar-refractivity contribution >= 4 is 17.5 Å². The van der Waals surface area contributed by atoms with Gasteiger partial charge in [0.15, 0.2) is 0 Å². The lowest BCUT2D eigenvalue weighted by atomic mass is 9.95. The Morgan fingerprint density at radius 2 is 2.12 bits per heavy atom. The number of hydrogen-bond acceptors (Lipinski definition) is 4. The van der Waals surface area contributed by atoms with Gasteiger partial charge in [-0.05, 0) is 17.7 Å². The molecule has 0 saturated carbocycles. The van der Waals surface area contributed by atoms with Gasteiger partial charge in [0.2, 0.25) is 5.91 Å². The Hall–Kier alpha value is -2.05. The number of nitrogens with zero attached hydrogens (tertiary/aromatic N) is 3. The van der Waals surface area contributed by atoms with E-state index in [0.717, 1.165) is 11.3 Å². The predicted octanol–water partition coefficient (Wildman–Crippen LogP) is 1.89. The van der Waals surface area contributed by atoms with Crippen molar-refractivity contribution in [1.82, 2.24) is 14.7 Å². The van der Waals surface area contributed by atoms with Crippen LogP contribution in [0.5, 0.6) is 5.75 Å². The molecule has 0 spiro atoms. The van der Waals surface area contributed by atoms with E-state index >= 15 is 0 Å². The van der Waals surface area contributed by atoms with Gasteiger partial charge >= 0.3 is 0 Å². The van der Waals surface area contributed by atoms with E-state index in [2.05, 4.69) is 5.10 Å². The van der Waals surface area contributed by atoms with E-state index in [0.29, 0.717) is 31.1 Å². The van der Waals surface area contributed by atoms with Crippen molar-refractivity contribution in [2.75, 3.05) is 20.2 Å². The SMILES string of the molecule is COc1ccc([C@@H]2CN(C(=O)CCn3cc(Cl)cn3)C[C@H]2N)cc1. The number of nitrogens with two attached hydrogens (primary N) is 1. The molecule has 0 bridgehead atoms. The summed E-state index contributed by atoms with van der Waals surface area (Å²) in [6, 6.07) is 7.83. The second-order valence-electron chi connectivity index (χ2n) is 6.01. The summed E-state index contributed by atoms with van der Waals surface area (Å²) in [4.78, 5) is 14.3. The predicted molar refractivity (Wildman–Crippen MR) is 92.1 cm³/mol. The van der Waals surface area contributed by atoms with Crippen LogP contribution in [0, 0.1) is 0 Å². The molecule has 0 unspecified atom stereocenters. The fourth-order valence-electron chi connectivity index (χ4n) is 3.07. The molecule has 1 amide bonds. The summed E-state index contributed by atoms with van der Waals surface area (Å²) in [6.45, 7) is 1.74. The van der Waals surface area contributed by atoms with E-state index in [9.17, 15) is 4.79 Å². The molecule has 1 fully saturated rings. The summed E-state index contributed by atoms with van der Waals surface area (Å²) in [7, 11) is 1.64. The normalized spacial score (nSPS) is 20.4. The fourth-order valence-corrected chi connectivity index (χ4v) is 3.22. The third-order valence-corrected chi connectivity index (χ3v) is 4.61. The van der Waals surface area contributed by atoms with Crippen molar-refractivity contribution in [3.05, 3.63) is 47.2 Å². The second-order valence-corrected chi connectivity index (χ2v) is 6.45. The molecule has 1 aromatic carbocycles. The topological polar surface area (TPSA) is 73.4 Å². The number of halogens is 1. The highest BCUT2D eigenvalue weighted by atomic mass is 35.5. The highest BCUT2D eigenvalue weighted by Gasteiger charge is 2.33. The molecule has 2 atom stereocenters. The number of amides is 1. The first-order valence-corrected chi connectivity index (χ1v) is 8.30. The molecule has 128 valence electrons. The number of ether oxygens (including phenoxy) is 1. The van der Waals surface area contributed by atoms with Gasteiger partial charge in [0.25, 0.3) is 0 Å². The van der Waals surface area contributed by atoms with E-state index in [-0.39, 0.29) is 17.9 Å². The van der Waals surface area contributed by atoms with Gasteiger partial charge < -0.3 is 15.4 Å². The molecule has 24 heavy (non-hydrogen) atoms. The largest absolute Gasteiger partial charge is 0.497 e. The number of hydrogen-bond donors (Lipinski definition) is 1. The molecule has 7 heteroatoms. The smallest absolute Gasteiger partial charge is 0.224 e. The van der Waals surface area contributed by atoms with Gasteiger partial charge in [-0.3, -0.25) is 9.48 Å². The maximum atomic E-state index is 12.4. The third kappa shape index (κ3) is 3.71. The van der Waals surface area contributed by atoms with E-state index < -0.39 is 0 Å². The number of carbonyl (C=O) groups is 1. The molecule has 3 rings (SSSR count). The fraction of sp³-hybridized carbons (Fsp3) is 0.412. The van der Waals surface area contributed by atoms with Crippen LogP contribution < -0.4 is 10.5 Å². The lowest BCUT2D eigenvalue weighted by Crippen LogP contribution is -2.32. The molecule has 1 aliphatic rings. The summed E-state index contributed by atoms with van der Waals surface area (Å²) in [6.07, 6.45) is 3.67. The van der Waals surface area contributed by atoms with Crippen LogP contribution in [-0.2, 0) is 11.3 Å². The number of rotatable bonds is 5. The summed E-state index contributed by atoms with van der Waals surface area (Å²) < 4.78 is 6.86. The van der Waals surface area contributed by atoms with Gasteiger partial charge in [0.05, 0.1) is 18.3 Å². The van der Waals surface area contributed by atoms with Crippen molar-refractivity contribution in [3.63, 3.8) is 0 Å². The zero-order valence-electron chi connectivity index (χ0n) is 13.6. The minimum atomic E-state index is -0.0542. The van der Waals surface area contributed by atoms with Crippen LogP contribution in [0.2, 0.25) is 5.02 Å². The molecule has 0 radical (unpaired) electrons. The minimum absolute atomic E-state index is 0.0542. The summed E-state index contributed by atoms with van der Waals surface area (Å²) in [5, 5.41) is 4.66. The summed E-state index contributed by atoms with van der Waals surface area (Å²) in [5.74, 6) is 1.06. The van der Waals surface area contributed by atoms with Gasteiger partial charge in [-0.1, -0.05) is 23.7 Å². The molecule has 2 N–H and O–H groups in total. The van der Waals surface area contributed by atoms with Crippen LogP contribution >= 0.6 is 11.6 Å². The Labute approximate surface area is 146 Å². The molecule has 0 aliphatic carbocycles. The maximum Gasteiger partial charge on any atom is 0.224 e. The lowest BCUT2D eigenvalue weighted by molar-refractivity contribution is -0.130. The molecule has 1 aliphatic heterocycles. The van der Waals surface area contributed by atoms with Crippen LogP contribution in [0.3, 0.4) is 0 Å². The lowest BCUT2D eigenvalue weighted by Gasteiger charge is -2.16. The monoisotopic (exact) mass is 348 g/mol.